The van der Waals surface area contributed by atoms with Crippen molar-refractivity contribution >= 4 is 44.5 Å². The molecular weight excluding hydrogens is 316 g/mol. The highest BCUT2D eigenvalue weighted by Gasteiger charge is 2.29. The zero-order chi connectivity index (χ0) is 15.6. The zero-order valence-electron chi connectivity index (χ0n) is 10.6. The highest BCUT2D eigenvalue weighted by molar-refractivity contribution is 8.15. The third-order valence-corrected chi connectivity index (χ3v) is 4.51. The van der Waals surface area contributed by atoms with E-state index in [0.717, 1.165) is 11.8 Å². The molecule has 0 unspecified atom stereocenters. The summed E-state index contributed by atoms with van der Waals surface area (Å²) < 4.78 is 22.2. The van der Waals surface area contributed by atoms with Crippen molar-refractivity contribution in [3.05, 3.63) is 24.3 Å². The first kappa shape index (κ1) is 15.5. The number of rotatable bonds is 4. The fourth-order valence-corrected chi connectivity index (χ4v) is 2.98. The molecule has 1 aromatic carbocycles. The molecule has 1 atom stereocenters. The number of primary sulfonamides is 1. The summed E-state index contributed by atoms with van der Waals surface area (Å²) in [5, 5.41) is 7.05. The molecule has 1 aliphatic heterocycles. The number of aliphatic imine (C=N–C) groups is 1. The normalized spacial score (nSPS) is 18.4. The number of nitrogens with one attached hydrogen (secondary N) is 1. The van der Waals surface area contributed by atoms with Crippen LogP contribution >= 0.6 is 11.8 Å². The maximum absolute atomic E-state index is 11.8. The number of sulfonamides is 1. The Labute approximate surface area is 125 Å². The molecule has 0 spiro atoms. The minimum absolute atomic E-state index is 0.0526. The molecule has 2 rings (SSSR count). The van der Waals surface area contributed by atoms with Gasteiger partial charge in [0, 0.05) is 12.1 Å². The standard InChI is InChI=1S/C11H12N4O4S2/c12-11-15-10(17)8(20-11)5-9(16)14-6-1-3-7(4-2-6)21(13,18)19/h1-4,8H,5H2,(H,14,16)(H2,12,15,17)(H2,13,18,19)/t8-/m1/s1. The molecule has 5 N–H and O–H groups in total. The van der Waals surface area contributed by atoms with Gasteiger partial charge in [-0.3, -0.25) is 9.59 Å². The van der Waals surface area contributed by atoms with Crippen molar-refractivity contribution in [2.24, 2.45) is 15.9 Å². The molecule has 0 aliphatic carbocycles. The first-order chi connectivity index (χ1) is 9.75. The van der Waals surface area contributed by atoms with Crippen LogP contribution in [-0.2, 0) is 19.6 Å². The van der Waals surface area contributed by atoms with Crippen LogP contribution in [0.15, 0.2) is 34.2 Å². The number of hydrogen-bond acceptors (Lipinski definition) is 6. The smallest absolute Gasteiger partial charge is 0.262 e. The molecule has 1 aliphatic rings. The second kappa shape index (κ2) is 5.84. The van der Waals surface area contributed by atoms with Crippen LogP contribution in [0.4, 0.5) is 5.69 Å². The van der Waals surface area contributed by atoms with Crippen LogP contribution in [0.25, 0.3) is 0 Å². The van der Waals surface area contributed by atoms with Crippen LogP contribution in [0.5, 0.6) is 0 Å². The number of nitrogens with zero attached hydrogens (tertiary/aromatic N) is 1. The summed E-state index contributed by atoms with van der Waals surface area (Å²) in [7, 11) is -3.77. The Bertz CT molecular complexity index is 712. The van der Waals surface area contributed by atoms with Gasteiger partial charge in [-0.25, -0.2) is 13.6 Å². The molecule has 1 aromatic rings. The average Bonchev–Trinajstić information content (AvgIpc) is 2.67. The van der Waals surface area contributed by atoms with Gasteiger partial charge in [0.1, 0.15) is 5.25 Å². The number of hydrogen-bond donors (Lipinski definition) is 3. The number of benzene rings is 1. The third-order valence-electron chi connectivity index (χ3n) is 2.60. The van der Waals surface area contributed by atoms with Crippen LogP contribution < -0.4 is 16.2 Å². The van der Waals surface area contributed by atoms with E-state index >= 15 is 0 Å². The largest absolute Gasteiger partial charge is 0.378 e. The van der Waals surface area contributed by atoms with Crippen LogP contribution in [0.3, 0.4) is 0 Å². The number of carbonyl (C=O) groups is 2. The summed E-state index contributed by atoms with van der Waals surface area (Å²) in [5.74, 6) is -0.827. The van der Waals surface area contributed by atoms with Gasteiger partial charge in [-0.15, -0.1) is 0 Å². The van der Waals surface area contributed by atoms with E-state index in [1.807, 2.05) is 0 Å². The maximum Gasteiger partial charge on any atom is 0.262 e. The lowest BCUT2D eigenvalue weighted by molar-refractivity contribution is -0.121. The lowest BCUT2D eigenvalue weighted by atomic mass is 10.2. The molecule has 1 heterocycles. The van der Waals surface area contributed by atoms with Gasteiger partial charge in [-0.1, -0.05) is 11.8 Å². The molecule has 0 aromatic heterocycles. The van der Waals surface area contributed by atoms with Crippen molar-refractivity contribution in [3.8, 4) is 0 Å². The SMILES string of the molecule is NC1=NC(=O)[C@@H](CC(=O)Nc2ccc(S(N)(=O)=O)cc2)S1. The highest BCUT2D eigenvalue weighted by Crippen LogP contribution is 2.23. The number of carbonyl (C=O) groups excluding carboxylic acids is 2. The second-order valence-electron chi connectivity index (χ2n) is 4.22. The Hall–Kier alpha value is -1.91. The van der Waals surface area contributed by atoms with E-state index in [2.05, 4.69) is 10.3 Å². The topological polar surface area (TPSA) is 145 Å². The van der Waals surface area contributed by atoms with E-state index in [1.165, 1.54) is 24.3 Å². The molecule has 8 nitrogen and oxygen atoms in total. The summed E-state index contributed by atoms with van der Waals surface area (Å²) in [6.07, 6.45) is -0.0648. The first-order valence-electron chi connectivity index (χ1n) is 5.73. The van der Waals surface area contributed by atoms with Gasteiger partial charge in [-0.2, -0.15) is 4.99 Å². The van der Waals surface area contributed by atoms with Crippen LogP contribution in [0, 0.1) is 0 Å². The Balaban J connectivity index is 1.96. The molecule has 112 valence electrons. The third kappa shape index (κ3) is 4.03. The van der Waals surface area contributed by atoms with Crippen LogP contribution in [-0.4, -0.2) is 30.6 Å². The van der Waals surface area contributed by atoms with Crippen molar-refractivity contribution in [1.82, 2.24) is 0 Å². The van der Waals surface area contributed by atoms with Crippen molar-refractivity contribution in [3.63, 3.8) is 0 Å². The predicted molar refractivity (Wildman–Crippen MR) is 79.1 cm³/mol. The predicted octanol–water partition coefficient (Wildman–Crippen LogP) is -0.381. The van der Waals surface area contributed by atoms with E-state index < -0.39 is 27.1 Å². The summed E-state index contributed by atoms with van der Waals surface area (Å²) in [4.78, 5) is 26.6. The number of amidine groups is 1. The minimum atomic E-state index is -3.77. The fraction of sp³-hybridized carbons (Fsp3) is 0.182. The minimum Gasteiger partial charge on any atom is -0.378 e. The molecule has 2 amide bonds. The van der Waals surface area contributed by atoms with Gasteiger partial charge in [0.2, 0.25) is 15.9 Å². The van der Waals surface area contributed by atoms with Crippen molar-refractivity contribution in [2.45, 2.75) is 16.6 Å². The van der Waals surface area contributed by atoms with Gasteiger partial charge < -0.3 is 11.1 Å². The van der Waals surface area contributed by atoms with Gasteiger partial charge >= 0.3 is 0 Å². The number of nitrogens with two attached hydrogens (primary N) is 2. The number of amides is 2. The van der Waals surface area contributed by atoms with E-state index in [1.54, 1.807) is 0 Å². The second-order valence-corrected chi connectivity index (χ2v) is 7.00. The molecular formula is C11H12N4O4S2. The zero-order valence-corrected chi connectivity index (χ0v) is 12.3. The van der Waals surface area contributed by atoms with E-state index in [-0.39, 0.29) is 16.5 Å². The van der Waals surface area contributed by atoms with Crippen LogP contribution in [0.2, 0.25) is 0 Å². The van der Waals surface area contributed by atoms with E-state index in [4.69, 9.17) is 10.9 Å². The molecule has 0 bridgehead atoms. The van der Waals surface area contributed by atoms with Crippen molar-refractivity contribution in [1.29, 1.82) is 0 Å². The van der Waals surface area contributed by atoms with Crippen molar-refractivity contribution in [2.75, 3.05) is 5.32 Å². The monoisotopic (exact) mass is 328 g/mol. The molecule has 0 saturated heterocycles. The summed E-state index contributed by atoms with van der Waals surface area (Å²) in [6.45, 7) is 0. The Morgan fingerprint density at radius 2 is 1.95 bits per heavy atom. The molecule has 0 saturated carbocycles. The average molecular weight is 328 g/mol. The van der Waals surface area contributed by atoms with Gasteiger partial charge in [0.05, 0.1) is 4.90 Å². The van der Waals surface area contributed by atoms with E-state index in [0.29, 0.717) is 5.69 Å². The molecule has 0 radical (unpaired) electrons. The highest BCUT2D eigenvalue weighted by atomic mass is 32.2. The Morgan fingerprint density at radius 1 is 1.33 bits per heavy atom. The molecule has 21 heavy (non-hydrogen) atoms. The maximum atomic E-state index is 11.8. The quantitative estimate of drug-likeness (QED) is 0.687. The van der Waals surface area contributed by atoms with E-state index in [9.17, 15) is 18.0 Å². The first-order valence-corrected chi connectivity index (χ1v) is 8.15. The Morgan fingerprint density at radius 3 is 2.43 bits per heavy atom. The summed E-state index contributed by atoms with van der Waals surface area (Å²) in [6, 6.07) is 5.38. The summed E-state index contributed by atoms with van der Waals surface area (Å²) in [5.41, 5.74) is 5.79. The molecule has 10 heteroatoms. The number of thioether (sulfide) groups is 1. The molecule has 0 fully saturated rings. The lowest BCUT2D eigenvalue weighted by Gasteiger charge is -2.08. The summed E-state index contributed by atoms with van der Waals surface area (Å²) >= 11 is 1.04. The van der Waals surface area contributed by atoms with Gasteiger partial charge in [-0.05, 0) is 24.3 Å². The van der Waals surface area contributed by atoms with Crippen molar-refractivity contribution < 1.29 is 18.0 Å². The fourth-order valence-electron chi connectivity index (χ4n) is 1.64. The van der Waals surface area contributed by atoms with Gasteiger partial charge in [0.25, 0.3) is 5.91 Å². The number of anilines is 1. The lowest BCUT2D eigenvalue weighted by Crippen LogP contribution is -2.21. The van der Waals surface area contributed by atoms with Crippen LogP contribution in [0.1, 0.15) is 6.42 Å². The van der Waals surface area contributed by atoms with Gasteiger partial charge in [0.15, 0.2) is 5.17 Å². The Kier molecular flexibility index (Phi) is 4.30.